The normalized spacial score (nSPS) is 27.6. The SMILES string of the molecule is O=C(O)N[C@H]1C[C@H]2CC[C@@H](C1)N2c1ccc(C(=O)CCC2CCNCC2)cn1. The second-order valence-electron chi connectivity index (χ2n) is 8.47. The van der Waals surface area contributed by atoms with Crippen LogP contribution < -0.4 is 15.5 Å². The van der Waals surface area contributed by atoms with E-state index in [9.17, 15) is 9.59 Å². The molecule has 3 aliphatic rings. The maximum Gasteiger partial charge on any atom is 0.404 e. The molecular formula is C21H30N4O3. The zero-order valence-electron chi connectivity index (χ0n) is 16.3. The van der Waals surface area contributed by atoms with Crippen LogP contribution in [0.2, 0.25) is 0 Å². The number of nitrogens with one attached hydrogen (secondary N) is 2. The summed E-state index contributed by atoms with van der Waals surface area (Å²) in [5, 5.41) is 15.0. The topological polar surface area (TPSA) is 94.6 Å². The van der Waals surface area contributed by atoms with Crippen molar-refractivity contribution in [2.75, 3.05) is 18.0 Å². The number of fused-ring (bicyclic) bond motifs is 2. The maximum atomic E-state index is 12.5. The highest BCUT2D eigenvalue weighted by atomic mass is 16.4. The molecule has 3 atom stereocenters. The molecule has 1 amide bonds. The highest BCUT2D eigenvalue weighted by molar-refractivity contribution is 5.95. The lowest BCUT2D eigenvalue weighted by Crippen LogP contribution is -2.50. The molecule has 0 radical (unpaired) electrons. The van der Waals surface area contributed by atoms with E-state index in [0.717, 1.165) is 51.0 Å². The average Bonchev–Trinajstić information content (AvgIpc) is 2.97. The number of anilines is 1. The molecule has 0 aliphatic carbocycles. The van der Waals surface area contributed by atoms with Crippen molar-refractivity contribution in [3.05, 3.63) is 23.9 Å². The van der Waals surface area contributed by atoms with E-state index in [-0.39, 0.29) is 11.8 Å². The van der Waals surface area contributed by atoms with Crippen molar-refractivity contribution in [3.8, 4) is 0 Å². The Hall–Kier alpha value is -2.15. The van der Waals surface area contributed by atoms with Gasteiger partial charge in [-0.05, 0) is 76.1 Å². The summed E-state index contributed by atoms with van der Waals surface area (Å²) in [6, 6.07) is 4.55. The molecule has 1 aromatic rings. The predicted molar refractivity (Wildman–Crippen MR) is 107 cm³/mol. The Balaban J connectivity index is 1.34. The summed E-state index contributed by atoms with van der Waals surface area (Å²) in [7, 11) is 0. The average molecular weight is 386 g/mol. The fourth-order valence-electron chi connectivity index (χ4n) is 5.20. The second-order valence-corrected chi connectivity index (χ2v) is 8.47. The van der Waals surface area contributed by atoms with E-state index in [0.29, 0.717) is 30.0 Å². The number of pyridine rings is 1. The number of amides is 1. The van der Waals surface area contributed by atoms with Crippen molar-refractivity contribution in [2.24, 2.45) is 5.92 Å². The Morgan fingerprint density at radius 2 is 1.86 bits per heavy atom. The van der Waals surface area contributed by atoms with Gasteiger partial charge in [-0.25, -0.2) is 9.78 Å². The van der Waals surface area contributed by atoms with Crippen molar-refractivity contribution in [3.63, 3.8) is 0 Å². The van der Waals surface area contributed by atoms with Crippen LogP contribution in [0.3, 0.4) is 0 Å². The van der Waals surface area contributed by atoms with Crippen LogP contribution in [0, 0.1) is 5.92 Å². The summed E-state index contributed by atoms with van der Waals surface area (Å²) >= 11 is 0. The lowest BCUT2D eigenvalue weighted by atomic mass is 9.91. The first-order valence-corrected chi connectivity index (χ1v) is 10.6. The largest absolute Gasteiger partial charge is 0.465 e. The van der Waals surface area contributed by atoms with Crippen molar-refractivity contribution < 1.29 is 14.7 Å². The van der Waals surface area contributed by atoms with E-state index >= 15 is 0 Å². The number of aromatic nitrogens is 1. The molecule has 3 N–H and O–H groups in total. The van der Waals surface area contributed by atoms with Gasteiger partial charge in [-0.2, -0.15) is 0 Å². The third-order valence-electron chi connectivity index (χ3n) is 6.63. The molecule has 4 heterocycles. The van der Waals surface area contributed by atoms with Crippen LogP contribution in [-0.2, 0) is 0 Å². The number of rotatable bonds is 6. The van der Waals surface area contributed by atoms with Crippen molar-refractivity contribution in [2.45, 2.75) is 69.5 Å². The summed E-state index contributed by atoms with van der Waals surface area (Å²) in [5.41, 5.74) is 0.701. The number of piperidine rings is 2. The molecule has 3 saturated heterocycles. The van der Waals surface area contributed by atoms with Crippen LogP contribution in [0.15, 0.2) is 18.3 Å². The van der Waals surface area contributed by atoms with Gasteiger partial charge in [0.05, 0.1) is 0 Å². The molecule has 4 rings (SSSR count). The molecule has 1 aromatic heterocycles. The Labute approximate surface area is 165 Å². The molecule has 152 valence electrons. The van der Waals surface area contributed by atoms with Crippen molar-refractivity contribution in [1.82, 2.24) is 15.6 Å². The molecule has 0 spiro atoms. The fraction of sp³-hybridized carbons (Fsp3) is 0.667. The Morgan fingerprint density at radius 3 is 2.46 bits per heavy atom. The van der Waals surface area contributed by atoms with Crippen molar-refractivity contribution in [1.29, 1.82) is 0 Å². The van der Waals surface area contributed by atoms with Gasteiger partial charge in [0.15, 0.2) is 5.78 Å². The molecule has 28 heavy (non-hydrogen) atoms. The monoisotopic (exact) mass is 386 g/mol. The zero-order chi connectivity index (χ0) is 19.5. The van der Waals surface area contributed by atoms with Crippen LogP contribution in [0.5, 0.6) is 0 Å². The minimum absolute atomic E-state index is 0.0297. The third kappa shape index (κ3) is 4.29. The van der Waals surface area contributed by atoms with Gasteiger partial charge in [-0.1, -0.05) is 0 Å². The first kappa shape index (κ1) is 19.2. The molecule has 3 fully saturated rings. The van der Waals surface area contributed by atoms with Gasteiger partial charge < -0.3 is 20.6 Å². The van der Waals surface area contributed by atoms with Crippen LogP contribution in [0.25, 0.3) is 0 Å². The summed E-state index contributed by atoms with van der Waals surface area (Å²) in [6.07, 6.45) is 8.47. The van der Waals surface area contributed by atoms with Crippen LogP contribution in [0.1, 0.15) is 61.7 Å². The van der Waals surface area contributed by atoms with Crippen molar-refractivity contribution >= 4 is 17.7 Å². The molecular weight excluding hydrogens is 356 g/mol. The first-order valence-electron chi connectivity index (χ1n) is 10.6. The molecule has 0 unspecified atom stereocenters. The number of hydrogen-bond donors (Lipinski definition) is 3. The minimum Gasteiger partial charge on any atom is -0.465 e. The molecule has 2 bridgehead atoms. The van der Waals surface area contributed by atoms with E-state index in [4.69, 9.17) is 5.11 Å². The van der Waals surface area contributed by atoms with Gasteiger partial charge in [0.2, 0.25) is 0 Å². The number of carboxylic acid groups (broad SMARTS) is 1. The smallest absolute Gasteiger partial charge is 0.404 e. The van der Waals surface area contributed by atoms with Gasteiger partial charge in [0, 0.05) is 36.3 Å². The summed E-state index contributed by atoms with van der Waals surface area (Å²) in [4.78, 5) is 30.4. The fourth-order valence-corrected chi connectivity index (χ4v) is 5.20. The summed E-state index contributed by atoms with van der Waals surface area (Å²) in [6.45, 7) is 2.13. The van der Waals surface area contributed by atoms with Gasteiger partial charge in [-0.3, -0.25) is 4.79 Å². The van der Waals surface area contributed by atoms with E-state index in [2.05, 4.69) is 20.5 Å². The van der Waals surface area contributed by atoms with Gasteiger partial charge in [0.25, 0.3) is 0 Å². The predicted octanol–water partition coefficient (Wildman–Crippen LogP) is 2.81. The number of hydrogen-bond acceptors (Lipinski definition) is 5. The van der Waals surface area contributed by atoms with Gasteiger partial charge in [0.1, 0.15) is 5.82 Å². The maximum absolute atomic E-state index is 12.5. The molecule has 0 saturated carbocycles. The summed E-state index contributed by atoms with van der Waals surface area (Å²) in [5.74, 6) is 1.76. The molecule has 7 nitrogen and oxygen atoms in total. The van der Waals surface area contributed by atoms with Crippen LogP contribution in [-0.4, -0.2) is 53.2 Å². The number of Topliss-reactive ketones (excluding diaryl/α,β-unsaturated/α-hetero) is 1. The van der Waals surface area contributed by atoms with Gasteiger partial charge in [-0.15, -0.1) is 0 Å². The number of ketones is 1. The Kier molecular flexibility index (Phi) is 5.80. The molecule has 3 aliphatic heterocycles. The molecule has 7 heteroatoms. The highest BCUT2D eigenvalue weighted by Gasteiger charge is 2.41. The lowest BCUT2D eigenvalue weighted by molar-refractivity contribution is 0.0970. The van der Waals surface area contributed by atoms with E-state index in [1.165, 1.54) is 12.8 Å². The quantitative estimate of drug-likeness (QED) is 0.651. The summed E-state index contributed by atoms with van der Waals surface area (Å²) < 4.78 is 0. The number of carbonyl (C=O) groups is 2. The zero-order valence-corrected chi connectivity index (χ0v) is 16.3. The van der Waals surface area contributed by atoms with E-state index in [1.54, 1.807) is 6.20 Å². The van der Waals surface area contributed by atoms with Crippen LogP contribution in [0.4, 0.5) is 10.6 Å². The number of carbonyl (C=O) groups excluding carboxylic acids is 1. The molecule has 0 aromatic carbocycles. The van der Waals surface area contributed by atoms with E-state index < -0.39 is 6.09 Å². The highest BCUT2D eigenvalue weighted by Crippen LogP contribution is 2.38. The standard InChI is InChI=1S/C21H30N4O3/c26-19(5-1-14-7-9-22-10-8-14)15-2-6-20(23-13-15)25-17-3-4-18(25)12-16(11-17)24-21(27)28/h2,6,13-14,16-18,22,24H,1,3-5,7-12H2,(H,27,28)/t16-,17+,18-. The lowest BCUT2D eigenvalue weighted by Gasteiger charge is -2.39. The van der Waals surface area contributed by atoms with Crippen LogP contribution >= 0.6 is 0 Å². The minimum atomic E-state index is -0.941. The third-order valence-corrected chi connectivity index (χ3v) is 6.63. The number of nitrogens with zero attached hydrogens (tertiary/aromatic N) is 2. The Morgan fingerprint density at radius 1 is 1.14 bits per heavy atom. The van der Waals surface area contributed by atoms with Gasteiger partial charge >= 0.3 is 6.09 Å². The first-order chi connectivity index (χ1) is 13.6. The second kappa shape index (κ2) is 8.47. The Bertz CT molecular complexity index is 688. The van der Waals surface area contributed by atoms with E-state index in [1.807, 2.05) is 12.1 Å².